The monoisotopic (exact) mass is 927 g/mol. The van der Waals surface area contributed by atoms with Crippen LogP contribution in [0.15, 0.2) is 122 Å². The van der Waals surface area contributed by atoms with E-state index in [0.717, 1.165) is 135 Å². The number of ether oxygens (including phenoxy) is 3. The average Bonchev–Trinajstić information content (AvgIpc) is 3.33. The first kappa shape index (κ1) is 62.8. The fourth-order valence-electron chi connectivity index (χ4n) is 7.04. The summed E-state index contributed by atoms with van der Waals surface area (Å²) >= 11 is 0. The van der Waals surface area contributed by atoms with Crippen LogP contribution in [0.5, 0.6) is 0 Å². The van der Waals surface area contributed by atoms with E-state index in [9.17, 15) is 14.4 Å². The van der Waals surface area contributed by atoms with Crippen LogP contribution in [0.25, 0.3) is 0 Å². The van der Waals surface area contributed by atoms with Gasteiger partial charge in [0.05, 0.1) is 0 Å². The summed E-state index contributed by atoms with van der Waals surface area (Å²) in [6.45, 7) is 6.38. The Morgan fingerprint density at radius 3 is 0.940 bits per heavy atom. The molecule has 67 heavy (non-hydrogen) atoms. The van der Waals surface area contributed by atoms with Crippen LogP contribution in [-0.2, 0) is 28.6 Å². The van der Waals surface area contributed by atoms with Crippen LogP contribution in [-0.4, -0.2) is 37.2 Å². The topological polar surface area (TPSA) is 78.9 Å². The number of hydrogen-bond donors (Lipinski definition) is 0. The molecule has 0 spiro atoms. The van der Waals surface area contributed by atoms with Crippen LogP contribution >= 0.6 is 0 Å². The highest BCUT2D eigenvalue weighted by atomic mass is 16.6. The zero-order valence-electron chi connectivity index (χ0n) is 43.1. The Hall–Kier alpha value is -4.19. The third-order valence-electron chi connectivity index (χ3n) is 11.1. The minimum Gasteiger partial charge on any atom is -0.462 e. The lowest BCUT2D eigenvalue weighted by atomic mass is 10.1. The van der Waals surface area contributed by atoms with Crippen molar-refractivity contribution in [3.63, 3.8) is 0 Å². The van der Waals surface area contributed by atoms with Gasteiger partial charge in [0.1, 0.15) is 13.2 Å². The standard InChI is InChI=1S/C61H98O6/c1-4-7-10-13-16-19-22-25-27-29-31-33-36-39-42-45-48-51-54-60(63)66-57-58(56-65-59(62)53-50-47-44-41-38-35-24-21-18-15-12-9-6-3)67-61(64)55-52-49-46-43-40-37-34-32-30-28-26-23-20-17-14-11-8-5-2/h9,12,15-16,18-19,21-34,58H,4-8,10-11,13-14,17,20,35-57H2,1-3H3/b12-9+,18-15+,19-16+,24-21+,25-22+,26-23+,29-27+,30-28+,33-31+,34-32+. The van der Waals surface area contributed by atoms with Crippen LogP contribution in [0.2, 0.25) is 0 Å². The van der Waals surface area contributed by atoms with E-state index in [0.29, 0.717) is 19.3 Å². The van der Waals surface area contributed by atoms with E-state index < -0.39 is 6.10 Å². The Balaban J connectivity index is 4.52. The minimum absolute atomic E-state index is 0.109. The predicted octanol–water partition coefficient (Wildman–Crippen LogP) is 18.1. The molecule has 0 rings (SSSR count). The van der Waals surface area contributed by atoms with Gasteiger partial charge in [0.15, 0.2) is 6.10 Å². The Labute approximate surface area is 412 Å². The second-order valence-corrected chi connectivity index (χ2v) is 17.6. The highest BCUT2D eigenvalue weighted by molar-refractivity contribution is 5.71. The second kappa shape index (κ2) is 54.4. The SMILES string of the molecule is CC/C=C/C=C/C=C/CCCCCCCC(=O)OCC(COC(=O)CCCCCCC/C=C/C=C/C=C/C=C/CCCCC)OC(=O)CCCCCCC/C=C/C=C/C=C/CCCCCCC. The molecule has 0 aliphatic heterocycles. The minimum atomic E-state index is -0.811. The number of esters is 3. The number of hydrogen-bond acceptors (Lipinski definition) is 6. The summed E-state index contributed by atoms with van der Waals surface area (Å²) < 4.78 is 16.8. The van der Waals surface area contributed by atoms with Crippen molar-refractivity contribution in [3.8, 4) is 0 Å². The molecular formula is C61H98O6. The van der Waals surface area contributed by atoms with Crippen molar-refractivity contribution in [3.05, 3.63) is 122 Å². The first-order valence-corrected chi connectivity index (χ1v) is 27.2. The Morgan fingerprint density at radius 1 is 0.313 bits per heavy atom. The van der Waals surface area contributed by atoms with Crippen molar-refractivity contribution in [2.75, 3.05) is 13.2 Å². The van der Waals surface area contributed by atoms with Crippen LogP contribution in [0.1, 0.15) is 226 Å². The molecular weight excluding hydrogens is 829 g/mol. The molecule has 0 amide bonds. The predicted molar refractivity (Wildman–Crippen MR) is 288 cm³/mol. The molecule has 6 heteroatoms. The molecule has 0 saturated heterocycles. The van der Waals surface area contributed by atoms with Gasteiger partial charge in [-0.05, 0) is 89.9 Å². The number of rotatable bonds is 47. The second-order valence-electron chi connectivity index (χ2n) is 17.6. The molecule has 0 fully saturated rings. The lowest BCUT2D eigenvalue weighted by Gasteiger charge is -2.18. The highest BCUT2D eigenvalue weighted by Crippen LogP contribution is 2.13. The fraction of sp³-hybridized carbons (Fsp3) is 0.623. The third-order valence-corrected chi connectivity index (χ3v) is 11.1. The summed E-state index contributed by atoms with van der Waals surface area (Å²) in [4.78, 5) is 38.1. The lowest BCUT2D eigenvalue weighted by Crippen LogP contribution is -2.30. The molecule has 6 nitrogen and oxygen atoms in total. The van der Waals surface area contributed by atoms with Crippen LogP contribution in [0, 0.1) is 0 Å². The van der Waals surface area contributed by atoms with Gasteiger partial charge in [-0.3, -0.25) is 14.4 Å². The Kier molecular flexibility index (Phi) is 51.0. The molecule has 0 N–H and O–H groups in total. The van der Waals surface area contributed by atoms with Crippen molar-refractivity contribution >= 4 is 17.9 Å². The molecule has 0 aliphatic carbocycles. The highest BCUT2D eigenvalue weighted by Gasteiger charge is 2.19. The van der Waals surface area contributed by atoms with Crippen molar-refractivity contribution in [1.82, 2.24) is 0 Å². The smallest absolute Gasteiger partial charge is 0.306 e. The molecule has 378 valence electrons. The molecule has 0 aromatic rings. The number of unbranched alkanes of at least 4 members (excludes halogenated alkanes) is 23. The summed E-state index contributed by atoms with van der Waals surface area (Å²) in [6, 6.07) is 0. The lowest BCUT2D eigenvalue weighted by molar-refractivity contribution is -0.167. The summed E-state index contributed by atoms with van der Waals surface area (Å²) in [5, 5.41) is 0. The van der Waals surface area contributed by atoms with Gasteiger partial charge >= 0.3 is 17.9 Å². The Morgan fingerprint density at radius 2 is 0.582 bits per heavy atom. The van der Waals surface area contributed by atoms with Gasteiger partial charge in [0.2, 0.25) is 0 Å². The maximum Gasteiger partial charge on any atom is 0.306 e. The van der Waals surface area contributed by atoms with E-state index in [4.69, 9.17) is 14.2 Å². The maximum atomic E-state index is 12.8. The fourth-order valence-corrected chi connectivity index (χ4v) is 7.04. The van der Waals surface area contributed by atoms with Crippen LogP contribution in [0.4, 0.5) is 0 Å². The summed E-state index contributed by atoms with van der Waals surface area (Å²) in [6.07, 6.45) is 74.6. The van der Waals surface area contributed by atoms with Crippen molar-refractivity contribution in [2.24, 2.45) is 0 Å². The van der Waals surface area contributed by atoms with Crippen molar-refractivity contribution < 1.29 is 28.6 Å². The van der Waals surface area contributed by atoms with E-state index in [1.807, 2.05) is 0 Å². The normalized spacial score (nSPS) is 13.1. The van der Waals surface area contributed by atoms with Gasteiger partial charge in [-0.1, -0.05) is 239 Å². The molecule has 0 radical (unpaired) electrons. The first-order valence-electron chi connectivity index (χ1n) is 27.2. The quantitative estimate of drug-likeness (QED) is 0.0262. The van der Waals surface area contributed by atoms with Gasteiger partial charge in [0, 0.05) is 19.3 Å². The molecule has 0 aliphatic rings. The van der Waals surface area contributed by atoms with E-state index in [1.54, 1.807) is 0 Å². The number of allylic oxidation sites excluding steroid dienone is 20. The van der Waals surface area contributed by atoms with Crippen molar-refractivity contribution in [2.45, 2.75) is 232 Å². The zero-order valence-corrected chi connectivity index (χ0v) is 43.1. The van der Waals surface area contributed by atoms with E-state index in [1.165, 1.54) is 51.4 Å². The largest absolute Gasteiger partial charge is 0.462 e. The first-order chi connectivity index (χ1) is 33.0. The average molecular weight is 927 g/mol. The molecule has 0 saturated carbocycles. The zero-order chi connectivity index (χ0) is 48.6. The third kappa shape index (κ3) is 52.6. The molecule has 0 aromatic carbocycles. The van der Waals surface area contributed by atoms with Gasteiger partial charge in [-0.25, -0.2) is 0 Å². The molecule has 1 unspecified atom stereocenters. The number of carbonyl (C=O) groups is 3. The summed E-state index contributed by atoms with van der Waals surface area (Å²) in [5.41, 5.74) is 0. The molecule has 0 aromatic heterocycles. The molecule has 1 atom stereocenters. The molecule has 0 heterocycles. The summed E-state index contributed by atoms with van der Waals surface area (Å²) in [5.74, 6) is -0.975. The number of carbonyl (C=O) groups excluding carboxylic acids is 3. The van der Waals surface area contributed by atoms with E-state index >= 15 is 0 Å². The van der Waals surface area contributed by atoms with Crippen molar-refractivity contribution in [1.29, 1.82) is 0 Å². The van der Waals surface area contributed by atoms with Gasteiger partial charge in [-0.15, -0.1) is 0 Å². The maximum absolute atomic E-state index is 12.8. The summed E-state index contributed by atoms with van der Waals surface area (Å²) in [7, 11) is 0. The van der Waals surface area contributed by atoms with Crippen LogP contribution in [0.3, 0.4) is 0 Å². The molecule has 0 bridgehead atoms. The van der Waals surface area contributed by atoms with Gasteiger partial charge in [-0.2, -0.15) is 0 Å². The van der Waals surface area contributed by atoms with Gasteiger partial charge in [0.25, 0.3) is 0 Å². The van der Waals surface area contributed by atoms with Gasteiger partial charge < -0.3 is 14.2 Å². The Bertz CT molecular complexity index is 1440. The van der Waals surface area contributed by atoms with Crippen LogP contribution < -0.4 is 0 Å². The van der Waals surface area contributed by atoms with E-state index in [2.05, 4.69) is 142 Å². The van der Waals surface area contributed by atoms with E-state index in [-0.39, 0.29) is 31.1 Å².